The van der Waals surface area contributed by atoms with Crippen LogP contribution in [-0.2, 0) is 0 Å². The molecule has 0 unspecified atom stereocenters. The SMILES string of the molecule is Cc1cc(Nc2cc(N3CCN(C)CC3)nc(-c3cc4cc(NSC5CC5)ccc4o3)n2)n[nH]1. The average molecular weight is 477 g/mol. The standard InChI is InChI=1S/C24H28N8OS/c1-15-11-22(29-28-15)25-21-14-23(32-9-7-31(2)8-10-32)27-24(26-21)20-13-16-12-17(3-6-19(16)33-20)30-34-18-4-5-18/h3,6,11-14,18,30H,4-5,7-10H2,1-2H3,(H2,25,26,27,28,29). The zero-order valence-corrected chi connectivity index (χ0v) is 20.2. The minimum absolute atomic E-state index is 0.559. The molecule has 10 heteroatoms. The normalized spacial score (nSPS) is 16.8. The number of hydrogen-bond acceptors (Lipinski definition) is 9. The van der Waals surface area contributed by atoms with Crippen molar-refractivity contribution in [3.63, 3.8) is 0 Å². The highest BCUT2D eigenvalue weighted by Gasteiger charge is 2.22. The molecule has 0 radical (unpaired) electrons. The van der Waals surface area contributed by atoms with E-state index in [1.54, 1.807) is 11.9 Å². The van der Waals surface area contributed by atoms with Gasteiger partial charge in [-0.15, -0.1) is 0 Å². The molecule has 0 bridgehead atoms. The van der Waals surface area contributed by atoms with Crippen molar-refractivity contribution in [2.24, 2.45) is 0 Å². The molecule has 1 aromatic carbocycles. The molecule has 9 nitrogen and oxygen atoms in total. The molecule has 1 aliphatic carbocycles. The van der Waals surface area contributed by atoms with Crippen LogP contribution in [0.4, 0.5) is 23.1 Å². The summed E-state index contributed by atoms with van der Waals surface area (Å²) in [6.07, 6.45) is 2.59. The van der Waals surface area contributed by atoms with Crippen molar-refractivity contribution >= 4 is 46.1 Å². The summed E-state index contributed by atoms with van der Waals surface area (Å²) in [5.41, 5.74) is 2.89. The van der Waals surface area contributed by atoms with Crippen molar-refractivity contribution in [2.75, 3.05) is 48.2 Å². The number of aryl methyl sites for hydroxylation is 1. The van der Waals surface area contributed by atoms with Crippen molar-refractivity contribution in [3.05, 3.63) is 42.1 Å². The van der Waals surface area contributed by atoms with Crippen molar-refractivity contribution < 1.29 is 4.42 Å². The van der Waals surface area contributed by atoms with Crippen molar-refractivity contribution in [2.45, 2.75) is 25.0 Å². The number of furan rings is 1. The Morgan fingerprint density at radius 2 is 1.88 bits per heavy atom. The lowest BCUT2D eigenvalue weighted by atomic mass is 10.2. The van der Waals surface area contributed by atoms with Gasteiger partial charge in [0.25, 0.3) is 0 Å². The molecule has 0 atom stereocenters. The molecule has 3 N–H and O–H groups in total. The van der Waals surface area contributed by atoms with E-state index < -0.39 is 0 Å². The first-order valence-electron chi connectivity index (χ1n) is 11.7. The Hall–Kier alpha value is -3.24. The second kappa shape index (κ2) is 8.84. The number of H-pyrrole nitrogens is 1. The first kappa shape index (κ1) is 21.3. The molecule has 4 aromatic rings. The molecule has 1 saturated carbocycles. The third kappa shape index (κ3) is 4.69. The number of nitrogens with zero attached hydrogens (tertiary/aromatic N) is 5. The van der Waals surface area contributed by atoms with E-state index in [1.807, 2.05) is 31.2 Å². The lowest BCUT2D eigenvalue weighted by Crippen LogP contribution is -2.44. The van der Waals surface area contributed by atoms with Gasteiger partial charge in [-0.1, -0.05) is 0 Å². The van der Waals surface area contributed by atoms with Crippen molar-refractivity contribution in [1.29, 1.82) is 0 Å². The van der Waals surface area contributed by atoms with Gasteiger partial charge in [0, 0.05) is 60.3 Å². The van der Waals surface area contributed by atoms with E-state index in [2.05, 4.69) is 49.2 Å². The molecule has 2 fully saturated rings. The van der Waals surface area contributed by atoms with Crippen LogP contribution in [0.1, 0.15) is 18.5 Å². The average Bonchev–Trinajstić information content (AvgIpc) is 3.43. The highest BCUT2D eigenvalue weighted by Crippen LogP contribution is 2.36. The van der Waals surface area contributed by atoms with Crippen LogP contribution in [0.25, 0.3) is 22.6 Å². The van der Waals surface area contributed by atoms with Crippen LogP contribution in [0.5, 0.6) is 0 Å². The molecule has 6 rings (SSSR count). The number of aromatic amines is 1. The molecule has 0 spiro atoms. The summed E-state index contributed by atoms with van der Waals surface area (Å²) in [6.45, 7) is 5.81. The summed E-state index contributed by atoms with van der Waals surface area (Å²) >= 11 is 1.80. The van der Waals surface area contributed by atoms with Crippen LogP contribution in [0.2, 0.25) is 0 Å². The number of fused-ring (bicyclic) bond motifs is 1. The molecule has 2 aliphatic rings. The number of hydrogen-bond donors (Lipinski definition) is 3. The fourth-order valence-electron chi connectivity index (χ4n) is 3.97. The van der Waals surface area contributed by atoms with Gasteiger partial charge in [-0.3, -0.25) is 5.10 Å². The van der Waals surface area contributed by atoms with Crippen LogP contribution in [0, 0.1) is 6.92 Å². The van der Waals surface area contributed by atoms with Crippen LogP contribution in [-0.4, -0.2) is 63.5 Å². The van der Waals surface area contributed by atoms with E-state index in [0.717, 1.165) is 65.4 Å². The number of anilines is 4. The fraction of sp³-hybridized carbons (Fsp3) is 0.375. The van der Waals surface area contributed by atoms with E-state index in [1.165, 1.54) is 12.8 Å². The molecular formula is C24H28N8OS. The van der Waals surface area contributed by atoms with Gasteiger partial charge < -0.3 is 24.3 Å². The van der Waals surface area contributed by atoms with Gasteiger partial charge in [0.1, 0.15) is 17.2 Å². The first-order chi connectivity index (χ1) is 16.6. The predicted molar refractivity (Wildman–Crippen MR) is 138 cm³/mol. The van der Waals surface area contributed by atoms with Crippen molar-refractivity contribution in [3.8, 4) is 11.6 Å². The van der Waals surface area contributed by atoms with Crippen LogP contribution in [0.3, 0.4) is 0 Å². The van der Waals surface area contributed by atoms with Gasteiger partial charge in [0.15, 0.2) is 17.4 Å². The maximum Gasteiger partial charge on any atom is 0.199 e. The Morgan fingerprint density at radius 3 is 2.65 bits per heavy atom. The fourth-order valence-corrected chi connectivity index (χ4v) is 4.78. The van der Waals surface area contributed by atoms with Crippen LogP contribution >= 0.6 is 11.9 Å². The Bertz CT molecular complexity index is 1310. The van der Waals surface area contributed by atoms with Gasteiger partial charge in [0.2, 0.25) is 0 Å². The summed E-state index contributed by atoms with van der Waals surface area (Å²) in [5, 5.41) is 12.3. The Labute approximate surface area is 202 Å². The highest BCUT2D eigenvalue weighted by molar-refractivity contribution is 8.01. The van der Waals surface area contributed by atoms with E-state index in [4.69, 9.17) is 14.4 Å². The predicted octanol–water partition coefficient (Wildman–Crippen LogP) is 4.64. The maximum atomic E-state index is 6.18. The minimum Gasteiger partial charge on any atom is -0.453 e. The molecule has 0 amide bonds. The molecule has 176 valence electrons. The van der Waals surface area contributed by atoms with Gasteiger partial charge >= 0.3 is 0 Å². The monoisotopic (exact) mass is 476 g/mol. The highest BCUT2D eigenvalue weighted by atomic mass is 32.2. The summed E-state index contributed by atoms with van der Waals surface area (Å²) in [4.78, 5) is 14.3. The van der Waals surface area contributed by atoms with Crippen LogP contribution < -0.4 is 14.9 Å². The lowest BCUT2D eigenvalue weighted by Gasteiger charge is -2.33. The number of benzene rings is 1. The number of likely N-dealkylation sites (N-methyl/N-ethyl adjacent to an activating group) is 1. The smallest absolute Gasteiger partial charge is 0.199 e. The molecular weight excluding hydrogens is 448 g/mol. The third-order valence-corrected chi connectivity index (χ3v) is 7.26. The summed E-state index contributed by atoms with van der Waals surface area (Å²) in [7, 11) is 2.15. The topological polar surface area (TPSA) is 98.1 Å². The zero-order chi connectivity index (χ0) is 23.1. The lowest BCUT2D eigenvalue weighted by molar-refractivity contribution is 0.312. The van der Waals surface area contributed by atoms with E-state index in [9.17, 15) is 0 Å². The quantitative estimate of drug-likeness (QED) is 0.330. The number of nitrogens with one attached hydrogen (secondary N) is 3. The van der Waals surface area contributed by atoms with E-state index >= 15 is 0 Å². The second-order valence-electron chi connectivity index (χ2n) is 9.07. The largest absolute Gasteiger partial charge is 0.453 e. The number of piperazine rings is 1. The second-order valence-corrected chi connectivity index (χ2v) is 10.2. The zero-order valence-electron chi connectivity index (χ0n) is 19.3. The molecule has 4 heterocycles. The summed E-state index contributed by atoms with van der Waals surface area (Å²) < 4.78 is 9.63. The molecule has 3 aromatic heterocycles. The van der Waals surface area contributed by atoms with Gasteiger partial charge in [0.05, 0.1) is 0 Å². The Kier molecular flexibility index (Phi) is 5.54. The number of aromatic nitrogens is 4. The van der Waals surface area contributed by atoms with E-state index in [-0.39, 0.29) is 0 Å². The first-order valence-corrected chi connectivity index (χ1v) is 12.5. The van der Waals surface area contributed by atoms with Gasteiger partial charge in [-0.2, -0.15) is 5.10 Å². The Morgan fingerprint density at radius 1 is 1.03 bits per heavy atom. The van der Waals surface area contributed by atoms with Gasteiger partial charge in [-0.25, -0.2) is 9.97 Å². The van der Waals surface area contributed by atoms with E-state index in [0.29, 0.717) is 17.4 Å². The molecule has 1 saturated heterocycles. The van der Waals surface area contributed by atoms with Crippen molar-refractivity contribution in [1.82, 2.24) is 25.1 Å². The minimum atomic E-state index is 0.559. The molecule has 1 aliphatic heterocycles. The molecule has 34 heavy (non-hydrogen) atoms. The third-order valence-electron chi connectivity index (χ3n) is 6.11. The summed E-state index contributed by atoms with van der Waals surface area (Å²) in [5.74, 6) is 3.51. The number of rotatable bonds is 7. The Balaban J connectivity index is 1.33. The maximum absolute atomic E-state index is 6.18. The summed E-state index contributed by atoms with van der Waals surface area (Å²) in [6, 6.07) is 12.1. The van der Waals surface area contributed by atoms with Gasteiger partial charge in [-0.05, 0) is 63.0 Å². The van der Waals surface area contributed by atoms with Crippen LogP contribution in [0.15, 0.2) is 40.8 Å².